The number of rotatable bonds is 3. The van der Waals surface area contributed by atoms with E-state index in [2.05, 4.69) is 19.1 Å². The van der Waals surface area contributed by atoms with Gasteiger partial charge in [0.25, 0.3) is 0 Å². The molecule has 2 aliphatic rings. The molecule has 0 aromatic rings. The molecule has 0 heterocycles. The molecule has 5 nitrogen and oxygen atoms in total. The van der Waals surface area contributed by atoms with Crippen molar-refractivity contribution in [2.75, 3.05) is 0 Å². The van der Waals surface area contributed by atoms with Crippen LogP contribution in [-0.2, 0) is 23.9 Å². The van der Waals surface area contributed by atoms with Gasteiger partial charge in [0, 0.05) is 38.5 Å². The second kappa shape index (κ2) is 8.85. The zero-order valence-electron chi connectivity index (χ0n) is 18.9. The summed E-state index contributed by atoms with van der Waals surface area (Å²) in [4.78, 5) is 36.1. The van der Waals surface area contributed by atoms with Gasteiger partial charge in [-0.3, -0.25) is 14.4 Å². The van der Waals surface area contributed by atoms with E-state index >= 15 is 0 Å². The number of carbonyl (C=O) groups is 3. The molecule has 5 heteroatoms. The Morgan fingerprint density at radius 2 is 1.83 bits per heavy atom. The van der Waals surface area contributed by atoms with Crippen LogP contribution < -0.4 is 0 Å². The van der Waals surface area contributed by atoms with Gasteiger partial charge in [0.2, 0.25) is 0 Å². The van der Waals surface area contributed by atoms with Gasteiger partial charge >= 0.3 is 11.9 Å². The van der Waals surface area contributed by atoms with Crippen LogP contribution in [0.2, 0.25) is 0 Å². The molecule has 0 bridgehead atoms. The molecule has 0 aromatic carbocycles. The van der Waals surface area contributed by atoms with Crippen LogP contribution in [0.15, 0.2) is 23.8 Å². The molecule has 29 heavy (non-hydrogen) atoms. The summed E-state index contributed by atoms with van der Waals surface area (Å²) in [5.41, 5.74) is 0.0118. The van der Waals surface area contributed by atoms with Gasteiger partial charge in [0.05, 0.1) is 0 Å². The van der Waals surface area contributed by atoms with E-state index in [1.165, 1.54) is 13.8 Å². The predicted octanol–water partition coefficient (Wildman–Crippen LogP) is 4.79. The SMILES string of the molecule is CC(=O)O[C@H]1C/C(C)=C\C(=O)C[C@H](C)/C=C/[C@@]2(C)CC[C@@H](C(C)(C)OC(C)=O)[C@H]12. The first-order valence-electron chi connectivity index (χ1n) is 10.6. The van der Waals surface area contributed by atoms with Crippen molar-refractivity contribution < 1.29 is 23.9 Å². The topological polar surface area (TPSA) is 69.7 Å². The Morgan fingerprint density at radius 1 is 1.17 bits per heavy atom. The first-order valence-corrected chi connectivity index (χ1v) is 10.6. The van der Waals surface area contributed by atoms with Gasteiger partial charge in [-0.15, -0.1) is 0 Å². The van der Waals surface area contributed by atoms with Crippen molar-refractivity contribution in [3.8, 4) is 0 Å². The first kappa shape index (κ1) is 23.4. The van der Waals surface area contributed by atoms with Crippen molar-refractivity contribution in [3.05, 3.63) is 23.8 Å². The monoisotopic (exact) mass is 404 g/mol. The average Bonchev–Trinajstić information content (AvgIpc) is 2.88. The zero-order chi connectivity index (χ0) is 22.0. The summed E-state index contributed by atoms with van der Waals surface area (Å²) in [7, 11) is 0. The largest absolute Gasteiger partial charge is 0.462 e. The predicted molar refractivity (Wildman–Crippen MR) is 112 cm³/mol. The highest BCUT2D eigenvalue weighted by molar-refractivity contribution is 5.90. The maximum absolute atomic E-state index is 12.4. The molecule has 0 aromatic heterocycles. The summed E-state index contributed by atoms with van der Waals surface area (Å²) in [5, 5.41) is 0. The highest BCUT2D eigenvalue weighted by atomic mass is 16.6. The van der Waals surface area contributed by atoms with E-state index < -0.39 is 5.60 Å². The number of carbonyl (C=O) groups excluding carboxylic acids is 3. The van der Waals surface area contributed by atoms with Crippen molar-refractivity contribution in [1.82, 2.24) is 0 Å². The smallest absolute Gasteiger partial charge is 0.303 e. The summed E-state index contributed by atoms with van der Waals surface area (Å²) in [6, 6.07) is 0. The lowest BCUT2D eigenvalue weighted by Crippen LogP contribution is -2.46. The minimum atomic E-state index is -0.681. The third kappa shape index (κ3) is 5.80. The third-order valence-electron chi connectivity index (χ3n) is 6.47. The van der Waals surface area contributed by atoms with Crippen molar-refractivity contribution in [3.63, 3.8) is 0 Å². The molecule has 0 saturated heterocycles. The number of ketones is 1. The molecular formula is C24H36O5. The van der Waals surface area contributed by atoms with Gasteiger partial charge < -0.3 is 9.47 Å². The van der Waals surface area contributed by atoms with Gasteiger partial charge in [-0.1, -0.05) is 31.6 Å². The highest BCUT2D eigenvalue weighted by Gasteiger charge is 2.54. The lowest BCUT2D eigenvalue weighted by molar-refractivity contribution is -0.168. The number of hydrogen-bond donors (Lipinski definition) is 0. The fourth-order valence-electron chi connectivity index (χ4n) is 5.31. The van der Waals surface area contributed by atoms with Crippen LogP contribution in [0, 0.1) is 23.2 Å². The lowest BCUT2D eigenvalue weighted by atomic mass is 9.68. The van der Waals surface area contributed by atoms with Crippen molar-refractivity contribution in [1.29, 1.82) is 0 Å². The minimum absolute atomic E-state index is 0.0271. The quantitative estimate of drug-likeness (QED) is 0.499. The summed E-state index contributed by atoms with van der Waals surface area (Å²) < 4.78 is 11.6. The Balaban J connectivity index is 2.56. The fourth-order valence-corrected chi connectivity index (χ4v) is 5.31. The molecule has 0 spiro atoms. The molecule has 1 saturated carbocycles. The van der Waals surface area contributed by atoms with Gasteiger partial charge in [0.15, 0.2) is 5.78 Å². The van der Waals surface area contributed by atoms with Gasteiger partial charge in [-0.25, -0.2) is 0 Å². The second-order valence-electron chi connectivity index (χ2n) is 9.72. The Labute approximate surface area is 174 Å². The molecule has 1 fully saturated rings. The number of ether oxygens (including phenoxy) is 2. The highest BCUT2D eigenvalue weighted by Crippen LogP contribution is 2.55. The molecule has 0 unspecified atom stereocenters. The van der Waals surface area contributed by atoms with E-state index in [1.54, 1.807) is 6.08 Å². The lowest BCUT2D eigenvalue weighted by Gasteiger charge is -2.42. The second-order valence-corrected chi connectivity index (χ2v) is 9.72. The summed E-state index contributed by atoms with van der Waals surface area (Å²) >= 11 is 0. The van der Waals surface area contributed by atoms with Crippen molar-refractivity contribution in [2.45, 2.75) is 85.9 Å². The maximum atomic E-state index is 12.4. The minimum Gasteiger partial charge on any atom is -0.462 e. The number of esters is 2. The molecule has 0 N–H and O–H groups in total. The molecule has 5 atom stereocenters. The van der Waals surface area contributed by atoms with Crippen LogP contribution >= 0.6 is 0 Å². The number of fused-ring (bicyclic) bond motifs is 1. The van der Waals surface area contributed by atoms with Crippen LogP contribution in [0.5, 0.6) is 0 Å². The maximum Gasteiger partial charge on any atom is 0.303 e. The summed E-state index contributed by atoms with van der Waals surface area (Å²) in [6.07, 6.45) is 8.37. The number of hydrogen-bond acceptors (Lipinski definition) is 5. The van der Waals surface area contributed by atoms with Crippen LogP contribution in [0.1, 0.15) is 74.1 Å². The third-order valence-corrected chi connectivity index (χ3v) is 6.47. The van der Waals surface area contributed by atoms with Gasteiger partial charge in [-0.2, -0.15) is 0 Å². The summed E-state index contributed by atoms with van der Waals surface area (Å²) in [6.45, 7) is 12.9. The average molecular weight is 405 g/mol. The Morgan fingerprint density at radius 3 is 2.41 bits per heavy atom. The number of allylic oxidation sites excluding steroid dienone is 3. The molecule has 2 rings (SSSR count). The molecule has 0 radical (unpaired) electrons. The van der Waals surface area contributed by atoms with E-state index in [9.17, 15) is 14.4 Å². The Hall–Kier alpha value is -1.91. The van der Waals surface area contributed by atoms with E-state index in [4.69, 9.17) is 9.47 Å². The van der Waals surface area contributed by atoms with Crippen molar-refractivity contribution in [2.24, 2.45) is 23.2 Å². The standard InChI is InChI=1S/C24H36O5/c1-15-8-10-24(7)11-9-20(23(5,6)29-18(4)26)22(24)21(28-17(3)25)14-16(2)13-19(27)12-15/h8,10,13,15,20-22H,9,11-12,14H2,1-7H3/b10-8+,16-13-/t15-,20-,21+,22-,24+/m1/s1. The molecule has 0 amide bonds. The summed E-state index contributed by atoms with van der Waals surface area (Å²) in [5.74, 6) is -0.412. The normalized spacial score (nSPS) is 36.2. The zero-order valence-corrected chi connectivity index (χ0v) is 18.9. The molecule has 162 valence electrons. The van der Waals surface area contributed by atoms with Crippen LogP contribution in [0.25, 0.3) is 0 Å². The Bertz CT molecular complexity index is 717. The Kier molecular flexibility index (Phi) is 7.13. The van der Waals surface area contributed by atoms with Crippen LogP contribution in [-0.4, -0.2) is 29.4 Å². The van der Waals surface area contributed by atoms with Gasteiger partial charge in [0.1, 0.15) is 11.7 Å². The molecule has 0 aliphatic heterocycles. The fraction of sp³-hybridized carbons (Fsp3) is 0.708. The van der Waals surface area contributed by atoms with E-state index in [1.807, 2.05) is 27.7 Å². The van der Waals surface area contributed by atoms with E-state index in [0.717, 1.165) is 18.4 Å². The molecular weight excluding hydrogens is 368 g/mol. The van der Waals surface area contributed by atoms with Crippen LogP contribution in [0.4, 0.5) is 0 Å². The van der Waals surface area contributed by atoms with Gasteiger partial charge in [-0.05, 0) is 51.0 Å². The van der Waals surface area contributed by atoms with Crippen LogP contribution in [0.3, 0.4) is 0 Å². The van der Waals surface area contributed by atoms with E-state index in [-0.39, 0.29) is 47.0 Å². The van der Waals surface area contributed by atoms with E-state index in [0.29, 0.717) is 12.8 Å². The molecule has 2 aliphatic carbocycles. The van der Waals surface area contributed by atoms with Crippen molar-refractivity contribution >= 4 is 17.7 Å². The first-order chi connectivity index (χ1) is 13.3.